The number of hydrogen-bond donors (Lipinski definition) is 1. The van der Waals surface area contributed by atoms with E-state index in [4.69, 9.17) is 0 Å². The molecule has 5 heteroatoms. The van der Waals surface area contributed by atoms with Gasteiger partial charge in [0.05, 0.1) is 0 Å². The number of benzene rings is 1. The molecule has 0 saturated carbocycles. The summed E-state index contributed by atoms with van der Waals surface area (Å²) in [5, 5.41) is 3.23. The first-order valence-electron chi connectivity index (χ1n) is 6.61. The van der Waals surface area contributed by atoms with Gasteiger partial charge in [-0.3, -0.25) is 0 Å². The summed E-state index contributed by atoms with van der Waals surface area (Å²) in [6.07, 6.45) is -0.806. The predicted molar refractivity (Wildman–Crippen MR) is 73.7 cm³/mol. The number of alkyl halides is 3. The Hall–Kier alpha value is -1.49. The van der Waals surface area contributed by atoms with Crippen LogP contribution in [0.3, 0.4) is 0 Å². The third-order valence-corrected chi connectivity index (χ3v) is 2.70. The molecular weight excluding hydrogens is 267 g/mol. The van der Waals surface area contributed by atoms with Crippen LogP contribution in [0.15, 0.2) is 35.9 Å². The van der Waals surface area contributed by atoms with Crippen LogP contribution in [0.25, 0.3) is 0 Å². The molecule has 0 aliphatic carbocycles. The van der Waals surface area contributed by atoms with E-state index in [2.05, 4.69) is 23.1 Å². The summed E-state index contributed by atoms with van der Waals surface area (Å²) in [6.45, 7) is 5.97. The normalized spacial score (nSPS) is 12.6. The molecule has 0 amide bonds. The highest BCUT2D eigenvalue weighted by Crippen LogP contribution is 2.23. The van der Waals surface area contributed by atoms with Crippen LogP contribution in [0.2, 0.25) is 0 Å². The smallest absolute Gasteiger partial charge is 0.406 e. The van der Waals surface area contributed by atoms with Gasteiger partial charge in [0.15, 0.2) is 0 Å². The zero-order chi connectivity index (χ0) is 15.0. The molecule has 0 unspecified atom stereocenters. The van der Waals surface area contributed by atoms with Crippen molar-refractivity contribution in [1.29, 1.82) is 0 Å². The van der Waals surface area contributed by atoms with E-state index in [0.717, 1.165) is 31.5 Å². The number of rotatable bonds is 7. The molecule has 0 aromatic heterocycles. The molecule has 20 heavy (non-hydrogen) atoms. The molecule has 1 rings (SSSR count). The number of allylic oxidation sites excluding steroid dienone is 1. The summed E-state index contributed by atoms with van der Waals surface area (Å²) in [7, 11) is 0. The van der Waals surface area contributed by atoms with Crippen LogP contribution < -0.4 is 10.1 Å². The van der Waals surface area contributed by atoms with Gasteiger partial charge in [0.1, 0.15) is 5.75 Å². The molecule has 1 aromatic carbocycles. The Morgan fingerprint density at radius 1 is 1.25 bits per heavy atom. The second-order valence-corrected chi connectivity index (χ2v) is 4.56. The molecule has 1 aromatic rings. The summed E-state index contributed by atoms with van der Waals surface area (Å²) in [6, 6.07) is 5.99. The molecular formula is C15H20F3NO. The third kappa shape index (κ3) is 7.19. The number of ether oxygens (including phenoxy) is 1. The Balaban J connectivity index is 2.48. The topological polar surface area (TPSA) is 21.3 Å². The van der Waals surface area contributed by atoms with E-state index < -0.39 is 6.36 Å². The number of nitrogens with one attached hydrogen (secondary N) is 1. The molecule has 0 radical (unpaired) electrons. The predicted octanol–water partition coefficient (Wildman–Crippen LogP) is 4.07. The van der Waals surface area contributed by atoms with Gasteiger partial charge in [-0.1, -0.05) is 30.7 Å². The maximum atomic E-state index is 12.0. The van der Waals surface area contributed by atoms with Gasteiger partial charge in [-0.15, -0.1) is 13.2 Å². The highest BCUT2D eigenvalue weighted by atomic mass is 19.4. The zero-order valence-corrected chi connectivity index (χ0v) is 11.8. The quantitative estimate of drug-likeness (QED) is 0.603. The maximum Gasteiger partial charge on any atom is 0.573 e. The highest BCUT2D eigenvalue weighted by molar-refractivity contribution is 5.29. The fourth-order valence-corrected chi connectivity index (χ4v) is 1.80. The fraction of sp³-hybridized carbons (Fsp3) is 0.467. The van der Waals surface area contributed by atoms with Gasteiger partial charge < -0.3 is 10.1 Å². The van der Waals surface area contributed by atoms with Gasteiger partial charge in [-0.05, 0) is 50.6 Å². The van der Waals surface area contributed by atoms with Crippen molar-refractivity contribution in [2.45, 2.75) is 33.1 Å². The van der Waals surface area contributed by atoms with E-state index in [0.29, 0.717) is 0 Å². The lowest BCUT2D eigenvalue weighted by atomic mass is 10.1. The summed E-state index contributed by atoms with van der Waals surface area (Å²) in [5.74, 6) is -0.185. The van der Waals surface area contributed by atoms with E-state index in [1.807, 2.05) is 6.92 Å². The summed E-state index contributed by atoms with van der Waals surface area (Å²) in [4.78, 5) is 0. The molecule has 0 fully saturated rings. The Morgan fingerprint density at radius 3 is 2.45 bits per heavy atom. The Labute approximate surface area is 117 Å². The molecule has 0 spiro atoms. The van der Waals surface area contributed by atoms with Crippen LogP contribution in [0.1, 0.15) is 25.8 Å². The van der Waals surface area contributed by atoms with Crippen molar-refractivity contribution in [2.75, 3.05) is 13.1 Å². The third-order valence-electron chi connectivity index (χ3n) is 2.70. The van der Waals surface area contributed by atoms with E-state index in [1.54, 1.807) is 12.1 Å². The monoisotopic (exact) mass is 287 g/mol. The van der Waals surface area contributed by atoms with Crippen molar-refractivity contribution >= 4 is 0 Å². The van der Waals surface area contributed by atoms with Crippen molar-refractivity contribution in [3.8, 4) is 5.75 Å². The molecule has 2 nitrogen and oxygen atoms in total. The van der Waals surface area contributed by atoms with Crippen molar-refractivity contribution in [2.24, 2.45) is 0 Å². The molecule has 0 saturated heterocycles. The van der Waals surface area contributed by atoms with E-state index in [9.17, 15) is 13.2 Å². The zero-order valence-electron chi connectivity index (χ0n) is 11.8. The molecule has 1 N–H and O–H groups in total. The van der Waals surface area contributed by atoms with Gasteiger partial charge in [-0.25, -0.2) is 0 Å². The van der Waals surface area contributed by atoms with Crippen LogP contribution in [-0.2, 0) is 6.42 Å². The molecule has 0 aliphatic rings. The molecule has 0 aliphatic heterocycles. The minimum atomic E-state index is -4.64. The standard InChI is InChI=1S/C15H20F3NO/c1-3-19-10-4-5-12(2)11-13-6-8-14(9-7-13)20-15(16,17)18/h5-9,19H,3-4,10-11H2,1-2H3. The van der Waals surface area contributed by atoms with Crippen LogP contribution in [0.4, 0.5) is 13.2 Å². The van der Waals surface area contributed by atoms with Gasteiger partial charge in [-0.2, -0.15) is 0 Å². The van der Waals surface area contributed by atoms with Gasteiger partial charge >= 0.3 is 6.36 Å². The van der Waals surface area contributed by atoms with Gasteiger partial charge in [0, 0.05) is 0 Å². The van der Waals surface area contributed by atoms with E-state index >= 15 is 0 Å². The lowest BCUT2D eigenvalue weighted by molar-refractivity contribution is -0.274. The van der Waals surface area contributed by atoms with Crippen LogP contribution in [-0.4, -0.2) is 19.5 Å². The maximum absolute atomic E-state index is 12.0. The fourth-order valence-electron chi connectivity index (χ4n) is 1.80. The average Bonchev–Trinajstić information content (AvgIpc) is 2.35. The summed E-state index contributed by atoms with van der Waals surface area (Å²) in [5.41, 5.74) is 2.17. The van der Waals surface area contributed by atoms with Crippen molar-refractivity contribution in [3.63, 3.8) is 0 Å². The molecule has 0 atom stereocenters. The number of hydrogen-bond acceptors (Lipinski definition) is 2. The SMILES string of the molecule is CCNCCC=C(C)Cc1ccc(OC(F)(F)F)cc1. The average molecular weight is 287 g/mol. The Kier molecular flexibility index (Phi) is 6.58. The Bertz CT molecular complexity index is 424. The number of halogens is 3. The minimum Gasteiger partial charge on any atom is -0.406 e. The Morgan fingerprint density at radius 2 is 1.90 bits per heavy atom. The first kappa shape index (κ1) is 16.6. The van der Waals surface area contributed by atoms with Crippen LogP contribution in [0.5, 0.6) is 5.75 Å². The minimum absolute atomic E-state index is 0.185. The second-order valence-electron chi connectivity index (χ2n) is 4.56. The largest absolute Gasteiger partial charge is 0.573 e. The van der Waals surface area contributed by atoms with Crippen LogP contribution in [0, 0.1) is 0 Å². The molecule has 0 bridgehead atoms. The van der Waals surface area contributed by atoms with Crippen molar-refractivity contribution < 1.29 is 17.9 Å². The summed E-state index contributed by atoms with van der Waals surface area (Å²) < 4.78 is 39.9. The molecule has 0 heterocycles. The highest BCUT2D eigenvalue weighted by Gasteiger charge is 2.30. The lowest BCUT2D eigenvalue weighted by Gasteiger charge is -2.09. The summed E-state index contributed by atoms with van der Waals surface area (Å²) >= 11 is 0. The van der Waals surface area contributed by atoms with Crippen LogP contribution >= 0.6 is 0 Å². The van der Waals surface area contributed by atoms with Crippen molar-refractivity contribution in [1.82, 2.24) is 5.32 Å². The van der Waals surface area contributed by atoms with E-state index in [-0.39, 0.29) is 5.75 Å². The second kappa shape index (κ2) is 7.94. The van der Waals surface area contributed by atoms with E-state index in [1.165, 1.54) is 17.7 Å². The molecule has 112 valence electrons. The lowest BCUT2D eigenvalue weighted by Crippen LogP contribution is -2.17. The first-order valence-corrected chi connectivity index (χ1v) is 6.61. The first-order chi connectivity index (χ1) is 9.40. The van der Waals surface area contributed by atoms with Gasteiger partial charge in [0.25, 0.3) is 0 Å². The van der Waals surface area contributed by atoms with Gasteiger partial charge in [0.2, 0.25) is 0 Å². The van der Waals surface area contributed by atoms with Crippen molar-refractivity contribution in [3.05, 3.63) is 41.5 Å².